The van der Waals surface area contributed by atoms with Crippen LogP contribution in [0.25, 0.3) is 11.1 Å². The van der Waals surface area contributed by atoms with Crippen LogP contribution in [0.1, 0.15) is 23.1 Å². The highest BCUT2D eigenvalue weighted by molar-refractivity contribution is 7.86. The third-order valence-corrected chi connectivity index (χ3v) is 7.70. The van der Waals surface area contributed by atoms with Crippen molar-refractivity contribution in [2.24, 2.45) is 16.6 Å². The number of rotatable bonds is 6. The average Bonchev–Trinajstić information content (AvgIpc) is 3.12. The second-order valence-electron chi connectivity index (χ2n) is 9.57. The van der Waals surface area contributed by atoms with Gasteiger partial charge < -0.3 is 14.7 Å². The Morgan fingerprint density at radius 3 is 2.41 bits per heavy atom. The molecule has 2 N–H and O–H groups in total. The van der Waals surface area contributed by atoms with E-state index in [-0.39, 0.29) is 23.5 Å². The summed E-state index contributed by atoms with van der Waals surface area (Å²) in [6.45, 7) is 0. The Morgan fingerprint density at radius 2 is 1.73 bits per heavy atom. The van der Waals surface area contributed by atoms with Gasteiger partial charge >= 0.3 is 10.1 Å². The molecule has 9 heteroatoms. The number of carbonyl (C=O) groups excluding carboxylic acids is 1. The van der Waals surface area contributed by atoms with Gasteiger partial charge in [-0.2, -0.15) is 8.42 Å². The minimum atomic E-state index is -3.73. The Bertz CT molecular complexity index is 1520. The van der Waals surface area contributed by atoms with Gasteiger partial charge in [0.25, 0.3) is 5.91 Å². The van der Waals surface area contributed by atoms with Gasteiger partial charge in [0.15, 0.2) is 11.5 Å². The molecule has 1 aliphatic heterocycles. The van der Waals surface area contributed by atoms with Crippen LogP contribution in [-0.2, 0) is 33.3 Å². The Morgan fingerprint density at radius 1 is 1.00 bits per heavy atom. The first kappa shape index (κ1) is 24.8. The van der Waals surface area contributed by atoms with E-state index in [9.17, 15) is 13.2 Å². The van der Waals surface area contributed by atoms with Crippen molar-refractivity contribution in [2.45, 2.75) is 24.8 Å². The molecule has 0 saturated carbocycles. The van der Waals surface area contributed by atoms with E-state index in [1.165, 1.54) is 29.2 Å². The minimum Gasteiger partial charge on any atom is -0.497 e. The summed E-state index contributed by atoms with van der Waals surface area (Å²) in [4.78, 5) is 20.1. The SMILES string of the molecule is COc1cc(OS(C)(=O)=O)cc(-c2cccc(C3(C4CCc5ccccc5C4)N=C(N)N(C)C3=O)c2)c1. The van der Waals surface area contributed by atoms with Crippen LogP contribution in [0.5, 0.6) is 11.5 Å². The van der Waals surface area contributed by atoms with Gasteiger partial charge in [0.05, 0.1) is 13.4 Å². The van der Waals surface area contributed by atoms with Gasteiger partial charge in [-0.3, -0.25) is 9.69 Å². The van der Waals surface area contributed by atoms with Gasteiger partial charge in [-0.1, -0.05) is 42.5 Å². The second kappa shape index (κ2) is 9.23. The van der Waals surface area contributed by atoms with Gasteiger partial charge in [-0.15, -0.1) is 0 Å². The smallest absolute Gasteiger partial charge is 0.306 e. The number of likely N-dealkylation sites (N-methyl/N-ethyl adjacent to an activating group) is 1. The molecule has 1 amide bonds. The predicted octanol–water partition coefficient (Wildman–Crippen LogP) is 3.49. The van der Waals surface area contributed by atoms with E-state index in [4.69, 9.17) is 19.6 Å². The lowest BCUT2D eigenvalue weighted by atomic mass is 9.69. The summed E-state index contributed by atoms with van der Waals surface area (Å²) in [5, 5.41) is 0. The number of fused-ring (bicyclic) bond motifs is 1. The summed E-state index contributed by atoms with van der Waals surface area (Å²) < 4.78 is 34.0. The molecular weight excluding hydrogens is 490 g/mol. The quantitative estimate of drug-likeness (QED) is 0.499. The summed E-state index contributed by atoms with van der Waals surface area (Å²) in [7, 11) is -0.575. The van der Waals surface area contributed by atoms with Crippen LogP contribution < -0.4 is 14.7 Å². The maximum atomic E-state index is 13.8. The maximum Gasteiger partial charge on any atom is 0.306 e. The van der Waals surface area contributed by atoms with Crippen LogP contribution in [-0.4, -0.2) is 45.6 Å². The third kappa shape index (κ3) is 4.55. The number of guanidine groups is 1. The molecule has 8 nitrogen and oxygen atoms in total. The zero-order chi connectivity index (χ0) is 26.4. The first-order chi connectivity index (χ1) is 17.6. The number of aryl methyl sites for hydroxylation is 1. The van der Waals surface area contributed by atoms with E-state index in [1.54, 1.807) is 19.2 Å². The van der Waals surface area contributed by atoms with Crippen molar-refractivity contribution >= 4 is 22.0 Å². The number of hydrogen-bond donors (Lipinski definition) is 1. The second-order valence-corrected chi connectivity index (χ2v) is 11.1. The lowest BCUT2D eigenvalue weighted by Crippen LogP contribution is -2.46. The van der Waals surface area contributed by atoms with Crippen LogP contribution in [0.15, 0.2) is 71.7 Å². The number of hydrogen-bond acceptors (Lipinski definition) is 7. The summed E-state index contributed by atoms with van der Waals surface area (Å²) in [5.41, 5.74) is 9.76. The Labute approximate surface area is 216 Å². The highest BCUT2D eigenvalue weighted by Gasteiger charge is 2.53. The number of benzene rings is 3. The Kier molecular flexibility index (Phi) is 6.19. The molecule has 0 saturated heterocycles. The van der Waals surface area contributed by atoms with Gasteiger partial charge in [0.2, 0.25) is 0 Å². The molecule has 37 heavy (non-hydrogen) atoms. The van der Waals surface area contributed by atoms with Gasteiger partial charge in [0, 0.05) is 19.0 Å². The largest absolute Gasteiger partial charge is 0.497 e. The van der Waals surface area contributed by atoms with Crippen LogP contribution in [0, 0.1) is 5.92 Å². The number of aliphatic imine (C=N–C) groups is 1. The fourth-order valence-corrected chi connectivity index (χ4v) is 5.87. The molecule has 0 spiro atoms. The molecule has 0 radical (unpaired) electrons. The fraction of sp³-hybridized carbons (Fsp3) is 0.286. The van der Waals surface area contributed by atoms with Gasteiger partial charge in [-0.25, -0.2) is 4.99 Å². The number of carbonyl (C=O) groups is 1. The first-order valence-electron chi connectivity index (χ1n) is 12.0. The lowest BCUT2D eigenvalue weighted by Gasteiger charge is -2.37. The van der Waals surface area contributed by atoms with E-state index in [2.05, 4.69) is 12.1 Å². The van der Waals surface area contributed by atoms with Crippen molar-refractivity contribution < 1.29 is 22.1 Å². The number of nitrogens with zero attached hydrogens (tertiary/aromatic N) is 2. The number of methoxy groups -OCH3 is 1. The van der Waals surface area contributed by atoms with E-state index in [0.29, 0.717) is 17.7 Å². The lowest BCUT2D eigenvalue weighted by molar-refractivity contribution is -0.132. The zero-order valence-electron chi connectivity index (χ0n) is 21.0. The Hall–Kier alpha value is -3.85. The van der Waals surface area contributed by atoms with E-state index < -0.39 is 15.7 Å². The monoisotopic (exact) mass is 519 g/mol. The molecule has 3 aromatic carbocycles. The molecule has 0 aromatic heterocycles. The van der Waals surface area contributed by atoms with Crippen molar-refractivity contribution in [3.8, 4) is 22.6 Å². The van der Waals surface area contributed by atoms with Crippen LogP contribution in [0.2, 0.25) is 0 Å². The normalized spacial score (nSPS) is 21.4. The third-order valence-electron chi connectivity index (χ3n) is 7.20. The van der Waals surface area contributed by atoms with Crippen LogP contribution >= 0.6 is 0 Å². The molecule has 2 aliphatic rings. The van der Waals surface area contributed by atoms with Gasteiger partial charge in [0.1, 0.15) is 11.5 Å². The molecule has 1 heterocycles. The summed E-state index contributed by atoms with van der Waals surface area (Å²) in [5.74, 6) is 0.541. The Balaban J connectivity index is 1.62. The van der Waals surface area contributed by atoms with E-state index in [0.717, 1.165) is 30.2 Å². The summed E-state index contributed by atoms with van der Waals surface area (Å²) >= 11 is 0. The fourth-order valence-electron chi connectivity index (χ4n) is 5.42. The van der Waals surface area contributed by atoms with Crippen molar-refractivity contribution in [2.75, 3.05) is 20.4 Å². The standard InChI is InChI=1S/C28H29N3O5S/c1-31-26(32)28(30-27(31)29,23-12-11-18-7-4-5-8-19(18)13-23)22-10-6-9-20(14-22)21-15-24(35-2)17-25(16-21)36-37(3,33)34/h4-10,14-17,23H,11-13H2,1-3H3,(H2,29,30). The maximum absolute atomic E-state index is 13.8. The molecule has 3 aromatic rings. The minimum absolute atomic E-state index is 0.0805. The number of ether oxygens (including phenoxy) is 1. The van der Waals surface area contributed by atoms with Crippen LogP contribution in [0.3, 0.4) is 0 Å². The first-order valence-corrected chi connectivity index (χ1v) is 13.8. The molecule has 1 aliphatic carbocycles. The summed E-state index contributed by atoms with van der Waals surface area (Å²) in [6.07, 6.45) is 3.35. The van der Waals surface area contributed by atoms with Crippen molar-refractivity contribution in [1.29, 1.82) is 0 Å². The van der Waals surface area contributed by atoms with Crippen molar-refractivity contribution in [1.82, 2.24) is 4.90 Å². The molecule has 2 unspecified atom stereocenters. The molecule has 2 atom stereocenters. The van der Waals surface area contributed by atoms with Crippen molar-refractivity contribution in [3.05, 3.63) is 83.4 Å². The van der Waals surface area contributed by atoms with Crippen LogP contribution in [0.4, 0.5) is 0 Å². The topological polar surface area (TPSA) is 111 Å². The highest BCUT2D eigenvalue weighted by atomic mass is 32.2. The molecule has 0 fully saturated rings. The summed E-state index contributed by atoms with van der Waals surface area (Å²) in [6, 6.07) is 20.8. The van der Waals surface area contributed by atoms with E-state index in [1.807, 2.05) is 36.4 Å². The molecule has 5 rings (SSSR count). The van der Waals surface area contributed by atoms with Crippen molar-refractivity contribution in [3.63, 3.8) is 0 Å². The van der Waals surface area contributed by atoms with E-state index >= 15 is 0 Å². The zero-order valence-corrected chi connectivity index (χ0v) is 21.8. The van der Waals surface area contributed by atoms with Gasteiger partial charge in [-0.05, 0) is 65.3 Å². The number of nitrogens with two attached hydrogens (primary N) is 1. The average molecular weight is 520 g/mol. The molecular formula is C28H29N3O5S. The molecule has 192 valence electrons. The predicted molar refractivity (Wildman–Crippen MR) is 142 cm³/mol. The molecule has 0 bridgehead atoms. The number of amides is 1. The highest BCUT2D eigenvalue weighted by Crippen LogP contribution is 2.46.